The molecule has 4 aromatic rings. The van der Waals surface area contributed by atoms with Crippen LogP contribution in [0.5, 0.6) is 0 Å². The van der Waals surface area contributed by atoms with Gasteiger partial charge in [0.2, 0.25) is 0 Å². The number of carbonyl (C=O) groups excluding carboxylic acids is 1. The number of morpholine rings is 1. The van der Waals surface area contributed by atoms with Crippen molar-refractivity contribution in [3.8, 4) is 11.4 Å². The van der Waals surface area contributed by atoms with E-state index in [-0.39, 0.29) is 5.91 Å². The third-order valence-electron chi connectivity index (χ3n) is 5.23. The normalized spacial score (nSPS) is 13.9. The molecule has 1 saturated heterocycles. The van der Waals surface area contributed by atoms with Gasteiger partial charge in [-0.05, 0) is 36.4 Å². The van der Waals surface area contributed by atoms with Crippen LogP contribution in [-0.2, 0) is 4.74 Å². The number of nitrogens with zero attached hydrogens (tertiary/aromatic N) is 4. The van der Waals surface area contributed by atoms with Crippen LogP contribution in [0.25, 0.3) is 22.3 Å². The van der Waals surface area contributed by atoms with Crippen molar-refractivity contribution in [3.63, 3.8) is 0 Å². The fraction of sp³-hybridized carbons (Fsp3) is 0.167. The second-order valence-corrected chi connectivity index (χ2v) is 7.25. The van der Waals surface area contributed by atoms with Crippen molar-refractivity contribution in [2.45, 2.75) is 0 Å². The number of benzene rings is 1. The van der Waals surface area contributed by atoms with Gasteiger partial charge in [0.1, 0.15) is 5.82 Å². The number of amides is 1. The zero-order valence-corrected chi connectivity index (χ0v) is 16.9. The largest absolute Gasteiger partial charge is 0.378 e. The molecular weight excluding hydrogens is 390 g/mol. The monoisotopic (exact) mass is 411 g/mol. The minimum Gasteiger partial charge on any atom is -0.378 e. The highest BCUT2D eigenvalue weighted by Crippen LogP contribution is 2.25. The molecule has 1 aliphatic rings. The number of para-hydroxylation sites is 1. The lowest BCUT2D eigenvalue weighted by atomic mass is 10.1. The van der Waals surface area contributed by atoms with Crippen molar-refractivity contribution >= 4 is 28.3 Å². The van der Waals surface area contributed by atoms with Crippen LogP contribution in [0.1, 0.15) is 10.4 Å². The number of fused-ring (bicyclic) bond motifs is 1. The van der Waals surface area contributed by atoms with Crippen LogP contribution in [0.4, 0.5) is 11.5 Å². The summed E-state index contributed by atoms with van der Waals surface area (Å²) in [4.78, 5) is 28.9. The molecule has 1 amide bonds. The van der Waals surface area contributed by atoms with Crippen molar-refractivity contribution in [2.75, 3.05) is 36.5 Å². The van der Waals surface area contributed by atoms with E-state index < -0.39 is 0 Å². The maximum absolute atomic E-state index is 13.2. The molecule has 0 radical (unpaired) electrons. The van der Waals surface area contributed by atoms with Gasteiger partial charge in [0, 0.05) is 24.7 Å². The number of hydrogen-bond acceptors (Lipinski definition) is 6. The molecule has 0 spiro atoms. The molecule has 5 rings (SSSR count). The van der Waals surface area contributed by atoms with Crippen molar-refractivity contribution in [2.24, 2.45) is 0 Å². The Balaban J connectivity index is 1.44. The number of anilines is 2. The molecule has 0 saturated carbocycles. The van der Waals surface area contributed by atoms with Crippen molar-refractivity contribution < 1.29 is 9.53 Å². The predicted molar refractivity (Wildman–Crippen MR) is 120 cm³/mol. The minimum atomic E-state index is -0.211. The smallest absolute Gasteiger partial charge is 0.256 e. The Morgan fingerprint density at radius 2 is 1.77 bits per heavy atom. The molecular formula is C24H21N5O2. The highest BCUT2D eigenvalue weighted by molar-refractivity contribution is 6.13. The molecule has 1 fully saturated rings. The lowest BCUT2D eigenvalue weighted by Crippen LogP contribution is -2.36. The van der Waals surface area contributed by atoms with Crippen LogP contribution in [0.3, 0.4) is 0 Å². The Hall–Kier alpha value is -3.84. The van der Waals surface area contributed by atoms with Crippen LogP contribution in [0.15, 0.2) is 73.1 Å². The van der Waals surface area contributed by atoms with Gasteiger partial charge in [-0.3, -0.25) is 9.78 Å². The molecule has 7 nitrogen and oxygen atoms in total. The second kappa shape index (κ2) is 8.49. The van der Waals surface area contributed by atoms with E-state index in [2.05, 4.69) is 25.2 Å². The summed E-state index contributed by atoms with van der Waals surface area (Å²) in [5, 5.41) is 3.76. The molecule has 31 heavy (non-hydrogen) atoms. The molecule has 1 aliphatic heterocycles. The predicted octanol–water partition coefficient (Wildman–Crippen LogP) is 3.78. The lowest BCUT2D eigenvalue weighted by Gasteiger charge is -2.27. The first kappa shape index (κ1) is 19.1. The van der Waals surface area contributed by atoms with E-state index in [4.69, 9.17) is 4.74 Å². The first-order valence-corrected chi connectivity index (χ1v) is 10.2. The summed E-state index contributed by atoms with van der Waals surface area (Å²) in [6.07, 6.45) is 3.40. The molecule has 4 heterocycles. The van der Waals surface area contributed by atoms with Crippen molar-refractivity contribution in [1.29, 1.82) is 0 Å². The molecule has 3 aromatic heterocycles. The molecule has 0 aliphatic carbocycles. The average molecular weight is 411 g/mol. The van der Waals surface area contributed by atoms with Gasteiger partial charge in [-0.1, -0.05) is 24.3 Å². The third-order valence-corrected chi connectivity index (χ3v) is 5.23. The van der Waals surface area contributed by atoms with E-state index in [1.54, 1.807) is 18.5 Å². The number of pyridine rings is 3. The quantitative estimate of drug-likeness (QED) is 0.551. The molecule has 7 heteroatoms. The van der Waals surface area contributed by atoms with E-state index in [1.165, 1.54) is 0 Å². The topological polar surface area (TPSA) is 80.2 Å². The Kier molecular flexibility index (Phi) is 5.24. The third kappa shape index (κ3) is 4.08. The van der Waals surface area contributed by atoms with E-state index in [1.807, 2.05) is 54.6 Å². The van der Waals surface area contributed by atoms with Gasteiger partial charge in [0.05, 0.1) is 47.6 Å². The van der Waals surface area contributed by atoms with Crippen LogP contribution in [-0.4, -0.2) is 47.2 Å². The number of hydrogen-bond donors (Lipinski definition) is 1. The van der Waals surface area contributed by atoms with Gasteiger partial charge in [-0.15, -0.1) is 0 Å². The van der Waals surface area contributed by atoms with Gasteiger partial charge in [0.15, 0.2) is 0 Å². The molecule has 1 N–H and O–H groups in total. The SMILES string of the molecule is O=C(Nc1ccc(N2CCOCC2)nc1)c1cc(-c2ccccn2)nc2ccccc12. The zero-order valence-electron chi connectivity index (χ0n) is 16.9. The number of ether oxygens (including phenoxy) is 1. The Morgan fingerprint density at radius 1 is 0.935 bits per heavy atom. The van der Waals surface area contributed by atoms with E-state index >= 15 is 0 Å². The number of rotatable bonds is 4. The minimum absolute atomic E-state index is 0.211. The molecule has 1 aromatic carbocycles. The number of nitrogens with one attached hydrogen (secondary N) is 1. The van der Waals surface area contributed by atoms with Crippen molar-refractivity contribution in [1.82, 2.24) is 15.0 Å². The highest BCUT2D eigenvalue weighted by atomic mass is 16.5. The second-order valence-electron chi connectivity index (χ2n) is 7.25. The number of carbonyl (C=O) groups is 1. The van der Waals surface area contributed by atoms with Gasteiger partial charge in [0.25, 0.3) is 5.91 Å². The summed E-state index contributed by atoms with van der Waals surface area (Å²) < 4.78 is 5.39. The fourth-order valence-corrected chi connectivity index (χ4v) is 3.65. The Labute approximate surface area is 179 Å². The van der Waals surface area contributed by atoms with Crippen LogP contribution in [0, 0.1) is 0 Å². The summed E-state index contributed by atoms with van der Waals surface area (Å²) in [5.41, 5.74) is 3.31. The van der Waals surface area contributed by atoms with E-state index in [0.29, 0.717) is 30.2 Å². The molecule has 154 valence electrons. The van der Waals surface area contributed by atoms with Crippen LogP contribution < -0.4 is 10.2 Å². The summed E-state index contributed by atoms with van der Waals surface area (Å²) in [6.45, 7) is 3.04. The lowest BCUT2D eigenvalue weighted by molar-refractivity contribution is 0.102. The first-order chi connectivity index (χ1) is 15.3. The Morgan fingerprint density at radius 3 is 2.55 bits per heavy atom. The number of aromatic nitrogens is 3. The van der Waals surface area contributed by atoms with Crippen LogP contribution >= 0.6 is 0 Å². The van der Waals surface area contributed by atoms with Crippen molar-refractivity contribution in [3.05, 3.63) is 78.6 Å². The maximum Gasteiger partial charge on any atom is 0.256 e. The summed E-state index contributed by atoms with van der Waals surface area (Å²) in [6, 6.07) is 18.8. The fourth-order valence-electron chi connectivity index (χ4n) is 3.65. The summed E-state index contributed by atoms with van der Waals surface area (Å²) in [5.74, 6) is 0.671. The molecule has 0 unspecified atom stereocenters. The van der Waals surface area contributed by atoms with Gasteiger partial charge < -0.3 is 15.0 Å². The van der Waals surface area contributed by atoms with Gasteiger partial charge in [-0.2, -0.15) is 0 Å². The maximum atomic E-state index is 13.2. The summed E-state index contributed by atoms with van der Waals surface area (Å²) in [7, 11) is 0. The van der Waals surface area contributed by atoms with Gasteiger partial charge in [-0.25, -0.2) is 9.97 Å². The van der Waals surface area contributed by atoms with E-state index in [9.17, 15) is 4.79 Å². The highest BCUT2D eigenvalue weighted by Gasteiger charge is 2.16. The first-order valence-electron chi connectivity index (χ1n) is 10.2. The molecule has 0 bridgehead atoms. The van der Waals surface area contributed by atoms with Gasteiger partial charge >= 0.3 is 0 Å². The molecule has 0 atom stereocenters. The average Bonchev–Trinajstić information content (AvgIpc) is 2.85. The van der Waals surface area contributed by atoms with E-state index in [0.717, 1.165) is 35.5 Å². The van der Waals surface area contributed by atoms with Crippen LogP contribution in [0.2, 0.25) is 0 Å². The Bertz CT molecular complexity index is 1210. The zero-order chi connectivity index (χ0) is 21.0. The summed E-state index contributed by atoms with van der Waals surface area (Å²) >= 11 is 0. The standard InChI is InChI=1S/C24H21N5O2/c30-24(27-17-8-9-23(26-16-17)29-11-13-31-14-12-29)19-15-22(21-7-3-4-10-25-21)28-20-6-2-1-5-18(19)20/h1-10,15-16H,11-14H2,(H,27,30).